The third-order valence-corrected chi connectivity index (χ3v) is 3.84. The Morgan fingerprint density at radius 3 is 2.52 bits per heavy atom. The Kier molecular flexibility index (Phi) is 5.26. The van der Waals surface area contributed by atoms with E-state index < -0.39 is 0 Å². The summed E-state index contributed by atoms with van der Waals surface area (Å²) in [5, 5.41) is 4.43. The molecule has 112 valence electrons. The van der Waals surface area contributed by atoms with Crippen LogP contribution in [0.15, 0.2) is 24.5 Å². The Balaban J connectivity index is 2.17. The molecule has 0 aromatic carbocycles. The van der Waals surface area contributed by atoms with Crippen molar-refractivity contribution in [2.45, 2.75) is 52.9 Å². The van der Waals surface area contributed by atoms with Gasteiger partial charge in [-0.25, -0.2) is 4.68 Å². The number of hydrogen-bond acceptors (Lipinski definition) is 3. The predicted octanol–water partition coefficient (Wildman–Crippen LogP) is 3.71. The van der Waals surface area contributed by atoms with Crippen LogP contribution in [-0.2, 0) is 6.42 Å². The number of carbonyl (C=O) groups excluding carboxylic acids is 1. The monoisotopic (exact) mass is 285 g/mol. The van der Waals surface area contributed by atoms with Crippen LogP contribution in [-0.4, -0.2) is 20.7 Å². The van der Waals surface area contributed by atoms with Crippen molar-refractivity contribution in [3.05, 3.63) is 47.0 Å². The second kappa shape index (κ2) is 7.16. The Labute approximate surface area is 126 Å². The summed E-state index contributed by atoms with van der Waals surface area (Å²) in [6.45, 7) is 6.18. The van der Waals surface area contributed by atoms with Gasteiger partial charge in [0.05, 0.1) is 5.69 Å². The number of carbonyl (C=O) groups is 1. The molecule has 0 aliphatic heterocycles. The summed E-state index contributed by atoms with van der Waals surface area (Å²) in [7, 11) is 0. The molecule has 0 amide bonds. The zero-order valence-corrected chi connectivity index (χ0v) is 13.1. The van der Waals surface area contributed by atoms with E-state index in [-0.39, 0.29) is 5.91 Å². The fourth-order valence-electron chi connectivity index (χ4n) is 2.58. The Hall–Kier alpha value is -1.97. The number of unbranched alkanes of at least 4 members (excludes halogenated alkanes) is 3. The molecule has 2 aromatic heterocycles. The molecular formula is C17H23N3O. The van der Waals surface area contributed by atoms with Gasteiger partial charge >= 0.3 is 0 Å². The molecule has 0 bridgehead atoms. The predicted molar refractivity (Wildman–Crippen MR) is 83.5 cm³/mol. The minimum Gasteiger partial charge on any atom is -0.267 e. The van der Waals surface area contributed by atoms with Crippen LogP contribution in [0.2, 0.25) is 0 Å². The van der Waals surface area contributed by atoms with E-state index in [1.165, 1.54) is 29.5 Å². The molecule has 0 atom stereocenters. The zero-order valence-electron chi connectivity index (χ0n) is 13.1. The van der Waals surface area contributed by atoms with Crippen molar-refractivity contribution >= 4 is 5.91 Å². The Morgan fingerprint density at radius 1 is 1.14 bits per heavy atom. The van der Waals surface area contributed by atoms with Crippen molar-refractivity contribution in [3.63, 3.8) is 0 Å². The standard InChI is InChI=1S/C17H23N3O/c1-4-5-6-7-8-16-13(2)19-20(14(16)3)17(21)15-9-11-18-12-10-15/h9-12H,4-8H2,1-3H3. The number of hydrogen-bond donors (Lipinski definition) is 0. The van der Waals surface area contributed by atoms with Crippen LogP contribution in [0, 0.1) is 13.8 Å². The molecule has 2 rings (SSSR count). The summed E-state index contributed by atoms with van der Waals surface area (Å²) in [4.78, 5) is 16.4. The van der Waals surface area contributed by atoms with Crippen molar-refractivity contribution in [2.24, 2.45) is 0 Å². The number of nitrogens with zero attached hydrogens (tertiary/aromatic N) is 3. The topological polar surface area (TPSA) is 47.8 Å². The highest BCUT2D eigenvalue weighted by Crippen LogP contribution is 2.18. The van der Waals surface area contributed by atoms with Gasteiger partial charge in [0, 0.05) is 23.7 Å². The highest BCUT2D eigenvalue weighted by molar-refractivity contribution is 5.95. The van der Waals surface area contributed by atoms with Gasteiger partial charge in [-0.05, 0) is 44.4 Å². The molecule has 0 aliphatic carbocycles. The molecular weight excluding hydrogens is 262 g/mol. The SMILES string of the molecule is CCCCCCc1c(C)nn(C(=O)c2ccncc2)c1C. The van der Waals surface area contributed by atoms with Gasteiger partial charge in [0.1, 0.15) is 0 Å². The van der Waals surface area contributed by atoms with Crippen LogP contribution >= 0.6 is 0 Å². The fraction of sp³-hybridized carbons (Fsp3) is 0.471. The number of aryl methyl sites for hydroxylation is 1. The lowest BCUT2D eigenvalue weighted by atomic mass is 10.0. The lowest BCUT2D eigenvalue weighted by Crippen LogP contribution is -2.15. The molecule has 0 unspecified atom stereocenters. The largest absolute Gasteiger partial charge is 0.278 e. The number of pyridine rings is 1. The van der Waals surface area contributed by atoms with Crippen LogP contribution < -0.4 is 0 Å². The molecule has 0 saturated carbocycles. The van der Waals surface area contributed by atoms with E-state index in [9.17, 15) is 4.79 Å². The average Bonchev–Trinajstić information content (AvgIpc) is 2.79. The van der Waals surface area contributed by atoms with Crippen molar-refractivity contribution in [1.82, 2.24) is 14.8 Å². The third kappa shape index (κ3) is 3.57. The van der Waals surface area contributed by atoms with Gasteiger partial charge < -0.3 is 0 Å². The van der Waals surface area contributed by atoms with Crippen LogP contribution in [0.3, 0.4) is 0 Å². The first kappa shape index (κ1) is 15.4. The summed E-state index contributed by atoms with van der Waals surface area (Å²) in [6, 6.07) is 3.44. The first-order chi connectivity index (χ1) is 10.1. The molecule has 0 radical (unpaired) electrons. The van der Waals surface area contributed by atoms with E-state index >= 15 is 0 Å². The Bertz CT molecular complexity index is 602. The molecule has 0 aliphatic rings. The van der Waals surface area contributed by atoms with E-state index in [0.717, 1.165) is 24.2 Å². The summed E-state index contributed by atoms with van der Waals surface area (Å²) in [5.74, 6) is -0.0854. The van der Waals surface area contributed by atoms with Crippen LogP contribution in [0.5, 0.6) is 0 Å². The molecule has 0 saturated heterocycles. The van der Waals surface area contributed by atoms with Crippen molar-refractivity contribution < 1.29 is 4.79 Å². The zero-order chi connectivity index (χ0) is 15.2. The van der Waals surface area contributed by atoms with Gasteiger partial charge in [-0.2, -0.15) is 5.10 Å². The molecule has 2 aromatic rings. The first-order valence-corrected chi connectivity index (χ1v) is 7.65. The molecule has 4 heteroatoms. The number of aromatic nitrogens is 3. The lowest BCUT2D eigenvalue weighted by molar-refractivity contribution is 0.0942. The second-order valence-electron chi connectivity index (χ2n) is 5.41. The van der Waals surface area contributed by atoms with E-state index in [1.54, 1.807) is 24.5 Å². The molecule has 0 N–H and O–H groups in total. The van der Waals surface area contributed by atoms with Gasteiger partial charge in [0.2, 0.25) is 0 Å². The van der Waals surface area contributed by atoms with E-state index in [4.69, 9.17) is 0 Å². The van der Waals surface area contributed by atoms with Gasteiger partial charge in [0.25, 0.3) is 5.91 Å². The first-order valence-electron chi connectivity index (χ1n) is 7.65. The van der Waals surface area contributed by atoms with Crippen molar-refractivity contribution in [1.29, 1.82) is 0 Å². The average molecular weight is 285 g/mol. The van der Waals surface area contributed by atoms with Gasteiger partial charge in [-0.3, -0.25) is 9.78 Å². The maximum absolute atomic E-state index is 12.5. The molecule has 4 nitrogen and oxygen atoms in total. The maximum atomic E-state index is 12.5. The van der Waals surface area contributed by atoms with E-state index in [1.807, 2.05) is 13.8 Å². The number of rotatable bonds is 6. The van der Waals surface area contributed by atoms with Crippen LogP contribution in [0.25, 0.3) is 0 Å². The van der Waals surface area contributed by atoms with E-state index in [2.05, 4.69) is 17.0 Å². The van der Waals surface area contributed by atoms with Gasteiger partial charge in [-0.15, -0.1) is 0 Å². The summed E-state index contributed by atoms with van der Waals surface area (Å²) in [6.07, 6.45) is 9.15. The smallest absolute Gasteiger partial charge is 0.267 e. The lowest BCUT2D eigenvalue weighted by Gasteiger charge is -2.04. The van der Waals surface area contributed by atoms with Gasteiger partial charge in [-0.1, -0.05) is 26.2 Å². The summed E-state index contributed by atoms with van der Waals surface area (Å²) >= 11 is 0. The quantitative estimate of drug-likeness (QED) is 0.760. The normalized spacial score (nSPS) is 10.8. The summed E-state index contributed by atoms with van der Waals surface area (Å²) < 4.78 is 1.53. The molecule has 2 heterocycles. The van der Waals surface area contributed by atoms with Crippen molar-refractivity contribution in [2.75, 3.05) is 0 Å². The minimum absolute atomic E-state index is 0.0854. The third-order valence-electron chi connectivity index (χ3n) is 3.84. The minimum atomic E-state index is -0.0854. The highest BCUT2D eigenvalue weighted by atomic mass is 16.2. The maximum Gasteiger partial charge on any atom is 0.278 e. The van der Waals surface area contributed by atoms with Crippen LogP contribution in [0.1, 0.15) is 59.9 Å². The Morgan fingerprint density at radius 2 is 1.86 bits per heavy atom. The molecule has 0 spiro atoms. The van der Waals surface area contributed by atoms with E-state index in [0.29, 0.717) is 5.56 Å². The highest BCUT2D eigenvalue weighted by Gasteiger charge is 2.17. The molecule has 21 heavy (non-hydrogen) atoms. The van der Waals surface area contributed by atoms with Gasteiger partial charge in [0.15, 0.2) is 0 Å². The summed E-state index contributed by atoms with van der Waals surface area (Å²) in [5.41, 5.74) is 3.76. The second-order valence-corrected chi connectivity index (χ2v) is 5.41. The van der Waals surface area contributed by atoms with Crippen molar-refractivity contribution in [3.8, 4) is 0 Å². The fourth-order valence-corrected chi connectivity index (χ4v) is 2.58. The molecule has 0 fully saturated rings. The van der Waals surface area contributed by atoms with Crippen LogP contribution in [0.4, 0.5) is 0 Å².